The van der Waals surface area contributed by atoms with Crippen LogP contribution in [-0.2, 0) is 4.74 Å². The zero-order valence-electron chi connectivity index (χ0n) is 12.5. The van der Waals surface area contributed by atoms with Gasteiger partial charge >= 0.3 is 5.97 Å². The summed E-state index contributed by atoms with van der Waals surface area (Å²) < 4.78 is 4.79. The molecule has 2 aliphatic rings. The van der Waals surface area contributed by atoms with Gasteiger partial charge in [-0.25, -0.2) is 4.79 Å². The monoisotopic (exact) mass is 305 g/mol. The highest BCUT2D eigenvalue weighted by Crippen LogP contribution is 2.30. The van der Waals surface area contributed by atoms with Crippen molar-refractivity contribution < 1.29 is 14.5 Å². The van der Waals surface area contributed by atoms with Crippen LogP contribution >= 0.6 is 0 Å². The second-order valence-corrected chi connectivity index (χ2v) is 5.73. The summed E-state index contributed by atoms with van der Waals surface area (Å²) in [6.45, 7) is 3.77. The maximum Gasteiger partial charge on any atom is 0.340 e. The summed E-state index contributed by atoms with van der Waals surface area (Å²) in [5, 5.41) is 10.9. The van der Waals surface area contributed by atoms with Crippen molar-refractivity contribution in [3.05, 3.63) is 33.9 Å². The second-order valence-electron chi connectivity index (χ2n) is 5.73. The maximum atomic E-state index is 12.0. The van der Waals surface area contributed by atoms with Crippen LogP contribution in [0.4, 0.5) is 11.4 Å². The lowest BCUT2D eigenvalue weighted by molar-refractivity contribution is -0.384. The molecule has 1 atom stereocenters. The lowest BCUT2D eigenvalue weighted by atomic mass is 10.1. The first-order chi connectivity index (χ1) is 10.6. The van der Waals surface area contributed by atoms with E-state index in [1.807, 2.05) is 0 Å². The number of nitrogens with zero attached hydrogens (tertiary/aromatic N) is 3. The number of hydrogen-bond acceptors (Lipinski definition) is 6. The molecule has 7 heteroatoms. The molecule has 0 bridgehead atoms. The molecule has 0 amide bonds. The van der Waals surface area contributed by atoms with E-state index in [0.29, 0.717) is 6.04 Å². The van der Waals surface area contributed by atoms with E-state index in [-0.39, 0.29) is 11.3 Å². The number of anilines is 1. The van der Waals surface area contributed by atoms with E-state index < -0.39 is 10.9 Å². The van der Waals surface area contributed by atoms with E-state index >= 15 is 0 Å². The molecule has 0 spiro atoms. The summed E-state index contributed by atoms with van der Waals surface area (Å²) in [5.74, 6) is -0.535. The van der Waals surface area contributed by atoms with Crippen molar-refractivity contribution in [2.75, 3.05) is 38.2 Å². The number of carbonyl (C=O) groups is 1. The Hall–Kier alpha value is -2.15. The standard InChI is InChI=1S/C15H19N3O4/c1-22-15(19)13-9-11(18(20)21)4-5-14(13)17-8-7-16-6-2-3-12(16)10-17/h4-5,9,12H,2-3,6-8,10H2,1H3/t12-/m1/s1. The van der Waals surface area contributed by atoms with Crippen molar-refractivity contribution in [3.8, 4) is 0 Å². The van der Waals surface area contributed by atoms with Gasteiger partial charge in [0.2, 0.25) is 0 Å². The molecule has 118 valence electrons. The number of nitro benzene ring substituents is 1. The van der Waals surface area contributed by atoms with Crippen LogP contribution in [0.1, 0.15) is 23.2 Å². The first-order valence-corrected chi connectivity index (χ1v) is 7.46. The topological polar surface area (TPSA) is 75.9 Å². The van der Waals surface area contributed by atoms with Crippen LogP contribution in [0.25, 0.3) is 0 Å². The average molecular weight is 305 g/mol. The van der Waals surface area contributed by atoms with Gasteiger partial charge in [0.1, 0.15) is 0 Å². The number of benzene rings is 1. The fraction of sp³-hybridized carbons (Fsp3) is 0.533. The Bertz CT molecular complexity index is 604. The number of piperazine rings is 1. The van der Waals surface area contributed by atoms with E-state index in [9.17, 15) is 14.9 Å². The van der Waals surface area contributed by atoms with Gasteiger partial charge in [-0.2, -0.15) is 0 Å². The molecule has 0 aliphatic carbocycles. The first kappa shape index (κ1) is 14.8. The molecule has 0 unspecified atom stereocenters. The van der Waals surface area contributed by atoms with Crippen molar-refractivity contribution in [1.82, 2.24) is 4.90 Å². The highest BCUT2D eigenvalue weighted by Gasteiger charge is 2.32. The third-order valence-corrected chi connectivity index (χ3v) is 4.52. The Kier molecular flexibility index (Phi) is 3.98. The van der Waals surface area contributed by atoms with Crippen LogP contribution < -0.4 is 4.90 Å². The van der Waals surface area contributed by atoms with Crippen LogP contribution in [0.3, 0.4) is 0 Å². The Morgan fingerprint density at radius 1 is 1.36 bits per heavy atom. The van der Waals surface area contributed by atoms with Crippen molar-refractivity contribution in [2.45, 2.75) is 18.9 Å². The summed E-state index contributed by atoms with van der Waals surface area (Å²) in [6, 6.07) is 4.93. The molecule has 7 nitrogen and oxygen atoms in total. The van der Waals surface area contributed by atoms with Gasteiger partial charge in [0, 0.05) is 37.8 Å². The SMILES string of the molecule is COC(=O)c1cc([N+](=O)[O-])ccc1N1CCN2CCC[C@@H]2C1. The van der Waals surface area contributed by atoms with Crippen molar-refractivity contribution >= 4 is 17.3 Å². The van der Waals surface area contributed by atoms with Crippen LogP contribution in [0.5, 0.6) is 0 Å². The highest BCUT2D eigenvalue weighted by molar-refractivity contribution is 5.96. The van der Waals surface area contributed by atoms with Gasteiger partial charge < -0.3 is 9.64 Å². The molecule has 2 saturated heterocycles. The van der Waals surface area contributed by atoms with Gasteiger partial charge in [-0.05, 0) is 25.5 Å². The minimum atomic E-state index is -0.535. The van der Waals surface area contributed by atoms with Gasteiger partial charge in [-0.15, -0.1) is 0 Å². The zero-order chi connectivity index (χ0) is 15.7. The van der Waals surface area contributed by atoms with E-state index in [0.717, 1.165) is 38.3 Å². The zero-order valence-corrected chi connectivity index (χ0v) is 12.5. The van der Waals surface area contributed by atoms with Gasteiger partial charge in [0.25, 0.3) is 5.69 Å². The largest absolute Gasteiger partial charge is 0.465 e. The number of non-ortho nitro benzene ring substituents is 1. The number of methoxy groups -OCH3 is 1. The molecular formula is C15H19N3O4. The molecule has 0 aromatic heterocycles. The van der Waals surface area contributed by atoms with Crippen molar-refractivity contribution in [3.63, 3.8) is 0 Å². The Morgan fingerprint density at radius 3 is 2.91 bits per heavy atom. The van der Waals surface area contributed by atoms with Crippen LogP contribution in [0.15, 0.2) is 18.2 Å². The minimum absolute atomic E-state index is 0.0938. The molecule has 2 heterocycles. The quantitative estimate of drug-likeness (QED) is 0.480. The molecule has 22 heavy (non-hydrogen) atoms. The van der Waals surface area contributed by atoms with E-state index in [1.54, 1.807) is 6.07 Å². The van der Waals surface area contributed by atoms with Crippen LogP contribution in [0, 0.1) is 10.1 Å². The predicted molar refractivity (Wildman–Crippen MR) is 81.2 cm³/mol. The number of ether oxygens (including phenoxy) is 1. The maximum absolute atomic E-state index is 12.0. The molecule has 0 radical (unpaired) electrons. The van der Waals surface area contributed by atoms with Gasteiger partial charge in [0.05, 0.1) is 23.3 Å². The summed E-state index contributed by atoms with van der Waals surface area (Å²) in [4.78, 5) is 27.1. The fourth-order valence-corrected chi connectivity index (χ4v) is 3.40. The lowest BCUT2D eigenvalue weighted by Gasteiger charge is -2.39. The van der Waals surface area contributed by atoms with E-state index in [2.05, 4.69) is 9.80 Å². The minimum Gasteiger partial charge on any atom is -0.465 e. The smallest absolute Gasteiger partial charge is 0.340 e. The molecule has 0 saturated carbocycles. The Balaban J connectivity index is 1.91. The Labute approximate surface area is 128 Å². The molecule has 2 fully saturated rings. The van der Waals surface area contributed by atoms with Gasteiger partial charge in [-0.3, -0.25) is 15.0 Å². The number of fused-ring (bicyclic) bond motifs is 1. The third-order valence-electron chi connectivity index (χ3n) is 4.52. The second kappa shape index (κ2) is 5.92. The number of hydrogen-bond donors (Lipinski definition) is 0. The summed E-state index contributed by atoms with van der Waals surface area (Å²) in [5.41, 5.74) is 0.899. The first-order valence-electron chi connectivity index (χ1n) is 7.46. The molecule has 1 aromatic carbocycles. The third kappa shape index (κ3) is 2.64. The molecule has 1 aromatic rings. The summed E-state index contributed by atoms with van der Waals surface area (Å²) in [6.07, 6.45) is 2.37. The number of rotatable bonds is 3. The molecule has 0 N–H and O–H groups in total. The van der Waals surface area contributed by atoms with Crippen LogP contribution in [-0.4, -0.2) is 55.1 Å². The van der Waals surface area contributed by atoms with Gasteiger partial charge in [-0.1, -0.05) is 0 Å². The number of nitro groups is 1. The van der Waals surface area contributed by atoms with E-state index in [1.165, 1.54) is 25.7 Å². The van der Waals surface area contributed by atoms with Gasteiger partial charge in [0.15, 0.2) is 0 Å². The lowest BCUT2D eigenvalue weighted by Crippen LogP contribution is -2.50. The van der Waals surface area contributed by atoms with Crippen molar-refractivity contribution in [2.24, 2.45) is 0 Å². The highest BCUT2D eigenvalue weighted by atomic mass is 16.6. The molecule has 2 aliphatic heterocycles. The van der Waals surface area contributed by atoms with E-state index in [4.69, 9.17) is 4.74 Å². The number of esters is 1. The van der Waals surface area contributed by atoms with Crippen LogP contribution in [0.2, 0.25) is 0 Å². The fourth-order valence-electron chi connectivity index (χ4n) is 3.40. The summed E-state index contributed by atoms with van der Waals surface area (Å²) >= 11 is 0. The Morgan fingerprint density at radius 2 is 2.18 bits per heavy atom. The van der Waals surface area contributed by atoms with Crippen molar-refractivity contribution in [1.29, 1.82) is 0 Å². The summed E-state index contributed by atoms with van der Waals surface area (Å²) in [7, 11) is 1.29. The average Bonchev–Trinajstić information content (AvgIpc) is 3.00. The number of carbonyl (C=O) groups excluding carboxylic acids is 1. The normalized spacial score (nSPS) is 21.5. The molecular weight excluding hydrogens is 286 g/mol. The predicted octanol–water partition coefficient (Wildman–Crippen LogP) is 1.67. The molecule has 3 rings (SSSR count).